The monoisotopic (exact) mass is 539 g/mol. The number of benzene rings is 1. The van der Waals surface area contributed by atoms with Gasteiger partial charge in [0.2, 0.25) is 0 Å². The summed E-state index contributed by atoms with van der Waals surface area (Å²) >= 11 is 3.50. The molecule has 1 fully saturated rings. The lowest BCUT2D eigenvalue weighted by Crippen LogP contribution is -2.38. The lowest BCUT2D eigenvalue weighted by molar-refractivity contribution is 0.0168. The average Bonchev–Trinajstić information content (AvgIpc) is 3.10. The van der Waals surface area contributed by atoms with Crippen LogP contribution >= 0.6 is 39.9 Å². The summed E-state index contributed by atoms with van der Waals surface area (Å²) in [7, 11) is 0. The summed E-state index contributed by atoms with van der Waals surface area (Å²) in [5, 5.41) is 6.66. The first-order valence-corrected chi connectivity index (χ1v) is 9.95. The maximum absolute atomic E-state index is 5.69. The quantitative estimate of drug-likeness (QED) is 0.215. The molecular formula is C19H31BrIN3O2. The molecule has 0 amide bonds. The number of halogens is 2. The number of rotatable bonds is 9. The van der Waals surface area contributed by atoms with Crippen molar-refractivity contribution >= 4 is 45.9 Å². The predicted molar refractivity (Wildman–Crippen MR) is 122 cm³/mol. The summed E-state index contributed by atoms with van der Waals surface area (Å²) in [4.78, 5) is 4.67. The maximum atomic E-state index is 5.69. The van der Waals surface area contributed by atoms with Crippen LogP contribution in [0.15, 0.2) is 27.7 Å². The first-order valence-electron chi connectivity index (χ1n) is 9.15. The SMILES string of the molecule is CCNC(=NCc1ccc(Br)cc1C)NCCCOCC1CCCO1.I. The highest BCUT2D eigenvalue weighted by molar-refractivity contribution is 14.0. The molecule has 7 heteroatoms. The van der Waals surface area contributed by atoms with Crippen LogP contribution in [0, 0.1) is 6.92 Å². The van der Waals surface area contributed by atoms with Crippen molar-refractivity contribution in [1.29, 1.82) is 0 Å². The van der Waals surface area contributed by atoms with E-state index in [2.05, 4.69) is 63.6 Å². The van der Waals surface area contributed by atoms with Crippen molar-refractivity contribution in [3.05, 3.63) is 33.8 Å². The Balaban J connectivity index is 0.00000338. The molecule has 0 saturated carbocycles. The van der Waals surface area contributed by atoms with E-state index in [0.29, 0.717) is 12.6 Å². The molecule has 1 aliphatic heterocycles. The fraction of sp³-hybridized carbons (Fsp3) is 0.632. The Labute approximate surface area is 182 Å². The maximum Gasteiger partial charge on any atom is 0.191 e. The standard InChI is InChI=1S/C19H30BrN3O2.HI/c1-3-21-19(23-13-16-7-8-17(20)12-15(16)2)22-9-5-10-24-14-18-6-4-11-25-18;/h7-8,12,18H,3-6,9-11,13-14H2,1-2H3,(H2,21,22,23);1H. The molecule has 1 aromatic rings. The summed E-state index contributed by atoms with van der Waals surface area (Å²) in [6.45, 7) is 8.90. The molecule has 26 heavy (non-hydrogen) atoms. The molecule has 1 saturated heterocycles. The van der Waals surface area contributed by atoms with E-state index in [4.69, 9.17) is 9.47 Å². The Hall–Kier alpha value is -0.380. The molecule has 1 aromatic carbocycles. The van der Waals surface area contributed by atoms with Crippen LogP contribution in [-0.4, -0.2) is 45.0 Å². The van der Waals surface area contributed by atoms with E-state index < -0.39 is 0 Å². The third-order valence-electron chi connectivity index (χ3n) is 4.14. The van der Waals surface area contributed by atoms with Crippen LogP contribution in [0.1, 0.15) is 37.3 Å². The lowest BCUT2D eigenvalue weighted by atomic mass is 10.1. The normalized spacial score (nSPS) is 17.0. The van der Waals surface area contributed by atoms with Gasteiger partial charge in [0.25, 0.3) is 0 Å². The van der Waals surface area contributed by atoms with Crippen LogP contribution in [0.25, 0.3) is 0 Å². The van der Waals surface area contributed by atoms with E-state index in [-0.39, 0.29) is 24.0 Å². The third kappa shape index (κ3) is 9.01. The van der Waals surface area contributed by atoms with Gasteiger partial charge in [-0.3, -0.25) is 0 Å². The molecular weight excluding hydrogens is 509 g/mol. The van der Waals surface area contributed by atoms with Crippen LogP contribution in [0.3, 0.4) is 0 Å². The van der Waals surface area contributed by atoms with E-state index in [1.54, 1.807) is 0 Å². The smallest absolute Gasteiger partial charge is 0.191 e. The molecule has 5 nitrogen and oxygen atoms in total. The number of guanidine groups is 1. The van der Waals surface area contributed by atoms with E-state index in [1.807, 2.05) is 0 Å². The van der Waals surface area contributed by atoms with E-state index in [1.165, 1.54) is 11.1 Å². The van der Waals surface area contributed by atoms with Crippen molar-refractivity contribution in [2.45, 2.75) is 45.8 Å². The van der Waals surface area contributed by atoms with Gasteiger partial charge in [0.1, 0.15) is 0 Å². The van der Waals surface area contributed by atoms with Crippen molar-refractivity contribution in [2.24, 2.45) is 4.99 Å². The highest BCUT2D eigenvalue weighted by atomic mass is 127. The number of nitrogens with one attached hydrogen (secondary N) is 2. The molecule has 148 valence electrons. The predicted octanol–water partition coefficient (Wildman–Crippen LogP) is 4.02. The van der Waals surface area contributed by atoms with Gasteiger partial charge in [0.05, 0.1) is 19.3 Å². The molecule has 1 unspecified atom stereocenters. The molecule has 0 radical (unpaired) electrons. The zero-order chi connectivity index (χ0) is 17.9. The largest absolute Gasteiger partial charge is 0.379 e. The van der Waals surface area contributed by atoms with Gasteiger partial charge < -0.3 is 20.1 Å². The van der Waals surface area contributed by atoms with Crippen LogP contribution in [-0.2, 0) is 16.0 Å². The zero-order valence-corrected chi connectivity index (χ0v) is 19.6. The zero-order valence-electron chi connectivity index (χ0n) is 15.7. The van der Waals surface area contributed by atoms with Crippen molar-refractivity contribution in [2.75, 3.05) is 32.9 Å². The van der Waals surface area contributed by atoms with Gasteiger partial charge in [0.15, 0.2) is 5.96 Å². The molecule has 1 aliphatic rings. The van der Waals surface area contributed by atoms with Gasteiger partial charge >= 0.3 is 0 Å². The Morgan fingerprint density at radius 1 is 1.38 bits per heavy atom. The number of aryl methyl sites for hydroxylation is 1. The first-order chi connectivity index (χ1) is 12.2. The van der Waals surface area contributed by atoms with Gasteiger partial charge in [-0.25, -0.2) is 4.99 Å². The number of ether oxygens (including phenoxy) is 2. The van der Waals surface area contributed by atoms with Crippen molar-refractivity contribution in [3.63, 3.8) is 0 Å². The topological polar surface area (TPSA) is 54.9 Å². The minimum absolute atomic E-state index is 0. The summed E-state index contributed by atoms with van der Waals surface area (Å²) in [5.41, 5.74) is 2.48. The number of hydrogen-bond donors (Lipinski definition) is 2. The molecule has 0 aliphatic carbocycles. The molecule has 2 N–H and O–H groups in total. The number of nitrogens with zero attached hydrogens (tertiary/aromatic N) is 1. The van der Waals surface area contributed by atoms with Crippen molar-refractivity contribution in [1.82, 2.24) is 10.6 Å². The Morgan fingerprint density at radius 2 is 2.23 bits per heavy atom. The fourth-order valence-corrected chi connectivity index (χ4v) is 3.19. The van der Waals surface area contributed by atoms with Gasteiger partial charge in [-0.05, 0) is 56.4 Å². The van der Waals surface area contributed by atoms with Gasteiger partial charge in [0, 0.05) is 30.8 Å². The summed E-state index contributed by atoms with van der Waals surface area (Å²) in [6.07, 6.45) is 3.55. The number of hydrogen-bond acceptors (Lipinski definition) is 3. The molecule has 0 aromatic heterocycles. The summed E-state index contributed by atoms with van der Waals surface area (Å²) in [5.74, 6) is 0.851. The van der Waals surface area contributed by atoms with Gasteiger partial charge in [-0.1, -0.05) is 22.0 Å². The molecule has 2 rings (SSSR count). The minimum atomic E-state index is 0. The second-order valence-corrected chi connectivity index (χ2v) is 7.17. The Bertz CT molecular complexity index is 552. The lowest BCUT2D eigenvalue weighted by Gasteiger charge is -2.13. The van der Waals surface area contributed by atoms with Crippen molar-refractivity contribution in [3.8, 4) is 0 Å². The molecule has 0 spiro atoms. The second kappa shape index (κ2) is 13.7. The fourth-order valence-electron chi connectivity index (χ4n) is 2.71. The van der Waals surface area contributed by atoms with E-state index in [9.17, 15) is 0 Å². The van der Waals surface area contributed by atoms with E-state index in [0.717, 1.165) is 62.6 Å². The average molecular weight is 540 g/mol. The van der Waals surface area contributed by atoms with E-state index >= 15 is 0 Å². The van der Waals surface area contributed by atoms with Crippen LogP contribution in [0.4, 0.5) is 0 Å². The highest BCUT2D eigenvalue weighted by Crippen LogP contribution is 2.16. The third-order valence-corrected chi connectivity index (χ3v) is 4.64. The Morgan fingerprint density at radius 3 is 2.92 bits per heavy atom. The summed E-state index contributed by atoms with van der Waals surface area (Å²) in [6, 6.07) is 6.30. The number of aliphatic imine (C=N–C) groups is 1. The second-order valence-electron chi connectivity index (χ2n) is 6.26. The molecule has 0 bridgehead atoms. The van der Waals surface area contributed by atoms with Gasteiger partial charge in [-0.15, -0.1) is 24.0 Å². The van der Waals surface area contributed by atoms with Crippen LogP contribution < -0.4 is 10.6 Å². The van der Waals surface area contributed by atoms with Crippen molar-refractivity contribution < 1.29 is 9.47 Å². The highest BCUT2D eigenvalue weighted by Gasteiger charge is 2.14. The minimum Gasteiger partial charge on any atom is -0.379 e. The van der Waals surface area contributed by atoms with Crippen LogP contribution in [0.2, 0.25) is 0 Å². The molecule has 1 heterocycles. The molecule has 1 atom stereocenters. The Kier molecular flexibility index (Phi) is 12.5. The first kappa shape index (κ1) is 23.7. The van der Waals surface area contributed by atoms with Crippen LogP contribution in [0.5, 0.6) is 0 Å². The summed E-state index contributed by atoms with van der Waals surface area (Å²) < 4.78 is 12.3. The van der Waals surface area contributed by atoms with Gasteiger partial charge in [-0.2, -0.15) is 0 Å².